The highest BCUT2D eigenvalue weighted by molar-refractivity contribution is 6.41. The lowest BCUT2D eigenvalue weighted by molar-refractivity contribution is -0.145. The van der Waals surface area contributed by atoms with Gasteiger partial charge in [0, 0.05) is 11.1 Å². The van der Waals surface area contributed by atoms with Crippen LogP contribution in [0.25, 0.3) is 6.08 Å². The molecular formula is C21H18O6. The summed E-state index contributed by atoms with van der Waals surface area (Å²) in [7, 11) is 1.46. The van der Waals surface area contributed by atoms with Crippen molar-refractivity contribution in [1.29, 1.82) is 0 Å². The third-order valence-corrected chi connectivity index (χ3v) is 4.06. The first kappa shape index (κ1) is 18.4. The summed E-state index contributed by atoms with van der Waals surface area (Å²) in [5.41, 5.74) is 1.54. The van der Waals surface area contributed by atoms with Gasteiger partial charge in [0.1, 0.15) is 0 Å². The highest BCUT2D eigenvalue weighted by Gasteiger charge is 2.32. The van der Waals surface area contributed by atoms with Crippen LogP contribution in [0.15, 0.2) is 48.0 Å². The second kappa shape index (κ2) is 7.86. The molecule has 0 unspecified atom stereocenters. The Balaban J connectivity index is 1.84. The maximum absolute atomic E-state index is 12.5. The second-order valence-corrected chi connectivity index (χ2v) is 5.77. The molecule has 1 aliphatic rings. The lowest BCUT2D eigenvalue weighted by Crippen LogP contribution is -2.14. The maximum atomic E-state index is 12.5. The Labute approximate surface area is 156 Å². The van der Waals surface area contributed by atoms with E-state index in [1.165, 1.54) is 13.2 Å². The van der Waals surface area contributed by atoms with Crippen molar-refractivity contribution in [2.75, 3.05) is 20.3 Å². The third-order valence-electron chi connectivity index (χ3n) is 4.06. The number of ketones is 2. The van der Waals surface area contributed by atoms with Crippen LogP contribution < -0.4 is 9.47 Å². The van der Waals surface area contributed by atoms with Gasteiger partial charge in [-0.05, 0) is 30.7 Å². The van der Waals surface area contributed by atoms with Crippen LogP contribution in [-0.2, 0) is 9.53 Å². The number of Topliss-reactive ketones (excluding diaryl/α,β-unsaturated/α-hetero) is 2. The number of carbonyl (C=O) groups is 3. The number of hydrogen-bond acceptors (Lipinski definition) is 6. The molecule has 0 atom stereocenters. The Hall–Kier alpha value is -3.41. The minimum absolute atomic E-state index is 0.110. The molecule has 0 saturated carbocycles. The van der Waals surface area contributed by atoms with Crippen molar-refractivity contribution in [1.82, 2.24) is 0 Å². The van der Waals surface area contributed by atoms with Gasteiger partial charge in [-0.3, -0.25) is 9.59 Å². The number of carbonyl (C=O) groups excluding carboxylic acids is 3. The van der Waals surface area contributed by atoms with Crippen LogP contribution in [0.5, 0.6) is 11.5 Å². The molecular weight excluding hydrogens is 348 g/mol. The molecule has 0 N–H and O–H groups in total. The number of esters is 1. The highest BCUT2D eigenvalue weighted by Crippen LogP contribution is 2.31. The first-order valence-electron chi connectivity index (χ1n) is 8.41. The summed E-state index contributed by atoms with van der Waals surface area (Å²) in [5, 5.41) is 0. The molecule has 0 heterocycles. The van der Waals surface area contributed by atoms with Crippen LogP contribution >= 0.6 is 0 Å². The molecule has 0 amide bonds. The van der Waals surface area contributed by atoms with Gasteiger partial charge in [0.2, 0.25) is 0 Å². The number of methoxy groups -OCH3 is 1. The summed E-state index contributed by atoms with van der Waals surface area (Å²) in [6.45, 7) is 1.75. The molecule has 0 aromatic heterocycles. The van der Waals surface area contributed by atoms with E-state index in [2.05, 4.69) is 0 Å². The molecule has 0 spiro atoms. The zero-order chi connectivity index (χ0) is 19.4. The van der Waals surface area contributed by atoms with Crippen molar-refractivity contribution in [2.24, 2.45) is 0 Å². The predicted octanol–water partition coefficient (Wildman–Crippen LogP) is 3.10. The molecule has 0 fully saturated rings. The molecule has 0 aliphatic heterocycles. The van der Waals surface area contributed by atoms with E-state index in [4.69, 9.17) is 14.2 Å². The fourth-order valence-electron chi connectivity index (χ4n) is 2.80. The number of rotatable bonds is 6. The molecule has 2 aromatic carbocycles. The van der Waals surface area contributed by atoms with Gasteiger partial charge >= 0.3 is 5.97 Å². The second-order valence-electron chi connectivity index (χ2n) is 5.77. The zero-order valence-electron chi connectivity index (χ0n) is 15.0. The Morgan fingerprint density at radius 2 is 1.67 bits per heavy atom. The van der Waals surface area contributed by atoms with Gasteiger partial charge in [0.25, 0.3) is 0 Å². The van der Waals surface area contributed by atoms with Crippen molar-refractivity contribution in [3.05, 3.63) is 64.7 Å². The van der Waals surface area contributed by atoms with E-state index in [0.717, 1.165) is 0 Å². The van der Waals surface area contributed by atoms with Crippen molar-refractivity contribution in [2.45, 2.75) is 6.92 Å². The van der Waals surface area contributed by atoms with Crippen LogP contribution in [0, 0.1) is 0 Å². The molecule has 138 valence electrons. The summed E-state index contributed by atoms with van der Waals surface area (Å²) < 4.78 is 15.5. The van der Waals surface area contributed by atoms with Crippen molar-refractivity contribution < 1.29 is 28.6 Å². The normalized spacial score (nSPS) is 12.6. The van der Waals surface area contributed by atoms with Gasteiger partial charge in [-0.2, -0.15) is 0 Å². The van der Waals surface area contributed by atoms with Gasteiger partial charge in [-0.1, -0.05) is 30.3 Å². The van der Waals surface area contributed by atoms with E-state index in [1.54, 1.807) is 49.4 Å². The van der Waals surface area contributed by atoms with Gasteiger partial charge in [-0.25, -0.2) is 4.79 Å². The van der Waals surface area contributed by atoms with Crippen LogP contribution in [0.2, 0.25) is 0 Å². The minimum Gasteiger partial charge on any atom is -0.493 e. The molecule has 0 bridgehead atoms. The fraction of sp³-hybridized carbons (Fsp3) is 0.190. The fourth-order valence-corrected chi connectivity index (χ4v) is 2.80. The Morgan fingerprint density at radius 3 is 2.26 bits per heavy atom. The molecule has 0 saturated heterocycles. The topological polar surface area (TPSA) is 78.9 Å². The maximum Gasteiger partial charge on any atom is 0.344 e. The predicted molar refractivity (Wildman–Crippen MR) is 98.2 cm³/mol. The van der Waals surface area contributed by atoms with Gasteiger partial charge in [-0.15, -0.1) is 0 Å². The number of fused-ring (bicyclic) bond motifs is 1. The Kier molecular flexibility index (Phi) is 5.35. The standard InChI is InChI=1S/C21H18O6/c1-3-26-19(22)12-27-17-9-8-13(11-18(17)25-2)10-16-20(23)14-6-4-5-7-15(14)21(16)24/h4-11H,3,12H2,1-2H3. The molecule has 1 aliphatic carbocycles. The van der Waals surface area contributed by atoms with E-state index >= 15 is 0 Å². The van der Waals surface area contributed by atoms with E-state index in [9.17, 15) is 14.4 Å². The third kappa shape index (κ3) is 3.74. The number of benzene rings is 2. The molecule has 3 rings (SSSR count). The number of allylic oxidation sites excluding steroid dienone is 1. The highest BCUT2D eigenvalue weighted by atomic mass is 16.6. The van der Waals surface area contributed by atoms with Crippen molar-refractivity contribution >= 4 is 23.6 Å². The largest absolute Gasteiger partial charge is 0.493 e. The van der Waals surface area contributed by atoms with Crippen LogP contribution in [-0.4, -0.2) is 37.9 Å². The summed E-state index contributed by atoms with van der Waals surface area (Å²) in [5.74, 6) is -0.329. The Bertz CT molecular complexity index is 904. The smallest absolute Gasteiger partial charge is 0.344 e. The average Bonchev–Trinajstić information content (AvgIpc) is 2.92. The lowest BCUT2D eigenvalue weighted by Gasteiger charge is -2.11. The average molecular weight is 366 g/mol. The molecule has 0 radical (unpaired) electrons. The van der Waals surface area contributed by atoms with E-state index < -0.39 is 5.97 Å². The first-order chi connectivity index (χ1) is 13.0. The van der Waals surface area contributed by atoms with Crippen LogP contribution in [0.1, 0.15) is 33.2 Å². The van der Waals surface area contributed by atoms with Gasteiger partial charge in [0.05, 0.1) is 19.3 Å². The Morgan fingerprint density at radius 1 is 1.00 bits per heavy atom. The number of hydrogen-bond donors (Lipinski definition) is 0. The van der Waals surface area contributed by atoms with E-state index in [1.807, 2.05) is 0 Å². The quantitative estimate of drug-likeness (QED) is 0.444. The first-order valence-corrected chi connectivity index (χ1v) is 8.41. The summed E-state index contributed by atoms with van der Waals surface area (Å²) in [6.07, 6.45) is 1.53. The number of ether oxygens (including phenoxy) is 3. The summed E-state index contributed by atoms with van der Waals surface area (Å²) in [4.78, 5) is 36.4. The summed E-state index contributed by atoms with van der Waals surface area (Å²) >= 11 is 0. The van der Waals surface area contributed by atoms with Crippen molar-refractivity contribution in [3.8, 4) is 11.5 Å². The van der Waals surface area contributed by atoms with Crippen molar-refractivity contribution in [3.63, 3.8) is 0 Å². The SMILES string of the molecule is CCOC(=O)COc1ccc(C=C2C(=O)c3ccccc3C2=O)cc1OC. The summed E-state index contributed by atoms with van der Waals surface area (Å²) in [6, 6.07) is 11.7. The van der Waals surface area contributed by atoms with Crippen LogP contribution in [0.3, 0.4) is 0 Å². The molecule has 6 heteroatoms. The molecule has 2 aromatic rings. The minimum atomic E-state index is -0.481. The molecule has 27 heavy (non-hydrogen) atoms. The molecule has 6 nitrogen and oxygen atoms in total. The van der Waals surface area contributed by atoms with E-state index in [0.29, 0.717) is 28.2 Å². The van der Waals surface area contributed by atoms with Gasteiger partial charge < -0.3 is 14.2 Å². The van der Waals surface area contributed by atoms with Gasteiger partial charge in [0.15, 0.2) is 29.7 Å². The zero-order valence-corrected chi connectivity index (χ0v) is 15.0. The lowest BCUT2D eigenvalue weighted by atomic mass is 10.1. The monoisotopic (exact) mass is 366 g/mol. The van der Waals surface area contributed by atoms with E-state index in [-0.39, 0.29) is 30.4 Å². The van der Waals surface area contributed by atoms with Crippen LogP contribution in [0.4, 0.5) is 0 Å².